The average molecular weight is 778 g/mol. The summed E-state index contributed by atoms with van der Waals surface area (Å²) in [5.41, 5.74) is 1.11. The van der Waals surface area contributed by atoms with Gasteiger partial charge in [0.05, 0.1) is 34.0 Å². The predicted octanol–water partition coefficient (Wildman–Crippen LogP) is 3.84. The number of nitro groups is 2. The Labute approximate surface area is 321 Å². The van der Waals surface area contributed by atoms with Gasteiger partial charge in [0.15, 0.2) is 0 Å². The minimum Gasteiger partial charge on any atom is -0.456 e. The molecule has 3 fully saturated rings. The third kappa shape index (κ3) is 7.45. The molecular weight excluding hydrogens is 735 g/mol. The van der Waals surface area contributed by atoms with Crippen molar-refractivity contribution in [3.05, 3.63) is 102 Å². The van der Waals surface area contributed by atoms with E-state index in [2.05, 4.69) is 21.0 Å². The molecule has 0 unspecified atom stereocenters. The summed E-state index contributed by atoms with van der Waals surface area (Å²) in [6.07, 6.45) is 2.24. The number of carbonyl (C=O) groups is 3. The zero-order valence-corrected chi connectivity index (χ0v) is 31.5. The lowest BCUT2D eigenvalue weighted by atomic mass is 9.79. The van der Waals surface area contributed by atoms with Gasteiger partial charge in [-0.2, -0.15) is 0 Å². The summed E-state index contributed by atoms with van der Waals surface area (Å²) >= 11 is 1.44. The fourth-order valence-electron chi connectivity index (χ4n) is 8.21. The number of rotatable bonds is 12. The van der Waals surface area contributed by atoms with Gasteiger partial charge in [-0.15, -0.1) is 11.8 Å². The molecule has 5 aliphatic rings. The molecule has 292 valence electrons. The third-order valence-electron chi connectivity index (χ3n) is 11.0. The minimum absolute atomic E-state index is 0.0618. The molecular formula is C37H43N7O10S. The summed E-state index contributed by atoms with van der Waals surface area (Å²) in [6, 6.07) is 10.8. The van der Waals surface area contributed by atoms with Crippen LogP contribution in [0.2, 0.25) is 0 Å². The molecule has 18 heteroatoms. The number of ether oxygens (including phenoxy) is 2. The number of β-lactam (4-membered cyclic amide) rings is 1. The fraction of sp³-hybridized carbons (Fsp3) is 0.486. The van der Waals surface area contributed by atoms with E-state index in [1.54, 1.807) is 24.0 Å². The smallest absolute Gasteiger partial charge is 0.410 e. The number of nitro benzene ring substituents is 2. The molecule has 7 rings (SSSR count). The van der Waals surface area contributed by atoms with Crippen LogP contribution in [0.5, 0.6) is 0 Å². The first-order valence-corrected chi connectivity index (χ1v) is 19.1. The second-order valence-corrected chi connectivity index (χ2v) is 15.9. The number of non-ortho nitro benzene ring substituents is 2. The summed E-state index contributed by atoms with van der Waals surface area (Å²) in [7, 11) is 2.04. The monoisotopic (exact) mass is 777 g/mol. The number of likely N-dealkylation sites (N-methyl/N-ethyl adjacent to an activating group) is 1. The van der Waals surface area contributed by atoms with Crippen LogP contribution in [0, 0.1) is 32.1 Å². The Balaban J connectivity index is 1.12. The molecule has 0 radical (unpaired) electrons. The molecule has 55 heavy (non-hydrogen) atoms. The van der Waals surface area contributed by atoms with E-state index in [1.165, 1.54) is 53.1 Å². The maximum Gasteiger partial charge on any atom is 0.410 e. The number of hydrogen-bond donors (Lipinski definition) is 1. The van der Waals surface area contributed by atoms with Gasteiger partial charge in [-0.25, -0.2) is 14.6 Å². The quantitative estimate of drug-likeness (QED) is 0.141. The molecule has 6 atom stereocenters. The van der Waals surface area contributed by atoms with E-state index in [-0.39, 0.29) is 53.4 Å². The predicted molar refractivity (Wildman–Crippen MR) is 198 cm³/mol. The van der Waals surface area contributed by atoms with Crippen LogP contribution in [0.25, 0.3) is 0 Å². The van der Waals surface area contributed by atoms with E-state index in [1.807, 2.05) is 14.0 Å². The van der Waals surface area contributed by atoms with Gasteiger partial charge < -0.3 is 29.3 Å². The van der Waals surface area contributed by atoms with Crippen LogP contribution < -0.4 is 0 Å². The number of amides is 2. The largest absolute Gasteiger partial charge is 0.456 e. The Morgan fingerprint density at radius 1 is 0.982 bits per heavy atom. The highest BCUT2D eigenvalue weighted by Crippen LogP contribution is 2.52. The van der Waals surface area contributed by atoms with Crippen LogP contribution in [-0.2, 0) is 32.3 Å². The molecule has 1 N–H and O–H groups in total. The Morgan fingerprint density at radius 3 is 2.20 bits per heavy atom. The molecule has 17 nitrogen and oxygen atoms in total. The van der Waals surface area contributed by atoms with Crippen molar-refractivity contribution in [3.8, 4) is 0 Å². The van der Waals surface area contributed by atoms with Crippen LogP contribution in [-0.4, -0.2) is 121 Å². The fourth-order valence-corrected chi connectivity index (χ4v) is 9.77. The van der Waals surface area contributed by atoms with Gasteiger partial charge in [0.1, 0.15) is 24.7 Å². The third-order valence-corrected chi connectivity index (χ3v) is 12.5. The van der Waals surface area contributed by atoms with Crippen molar-refractivity contribution < 1.29 is 38.8 Å². The van der Waals surface area contributed by atoms with E-state index in [4.69, 9.17) is 9.47 Å². The molecule has 2 aromatic rings. The first-order valence-electron chi connectivity index (χ1n) is 18.2. The number of aliphatic hydroxyl groups is 1. The Hall–Kier alpha value is -5.20. The number of hydrogen-bond acceptors (Lipinski definition) is 14. The van der Waals surface area contributed by atoms with Gasteiger partial charge in [0.25, 0.3) is 11.4 Å². The highest BCUT2D eigenvalue weighted by molar-refractivity contribution is 8.03. The number of hydrazine groups is 1. The topological polar surface area (TPSA) is 192 Å². The molecule has 0 bridgehead atoms. The standard InChI is InChI=1S/C37H43N7O10S/c1-22-32-31(23(2)45)35(46)42(32)33(36(47)53-20-24-5-9-26(10-6-24)43(49)50)34(22)55-29-17-28(18-39-14-4-15-41-30(39)13-16-38(41)3)40(19-29)37(48)54-21-25-7-11-27(12-8-25)44(51)52/h5-13,22-23,28-29,31-32,45H,4,14-21H2,1-3H3/t22-,23-,28+,29+,31-,32-/m1/s1. The number of carbonyl (C=O) groups excluding carboxylic acids is 3. The number of fused-ring (bicyclic) bond motifs is 2. The summed E-state index contributed by atoms with van der Waals surface area (Å²) in [4.78, 5) is 68.4. The highest BCUT2D eigenvalue weighted by Gasteiger charge is 2.60. The Kier molecular flexibility index (Phi) is 10.7. The van der Waals surface area contributed by atoms with Crippen molar-refractivity contribution in [3.63, 3.8) is 0 Å². The van der Waals surface area contributed by atoms with Crippen molar-refractivity contribution in [2.24, 2.45) is 11.8 Å². The van der Waals surface area contributed by atoms with Gasteiger partial charge in [0.2, 0.25) is 5.91 Å². The lowest BCUT2D eigenvalue weighted by molar-refractivity contribution is -0.385. The first kappa shape index (κ1) is 38.1. The van der Waals surface area contributed by atoms with Gasteiger partial charge in [-0.1, -0.05) is 6.92 Å². The van der Waals surface area contributed by atoms with Crippen molar-refractivity contribution in [2.75, 3.05) is 39.8 Å². The van der Waals surface area contributed by atoms with E-state index >= 15 is 0 Å². The number of nitrogens with zero attached hydrogens (tertiary/aromatic N) is 7. The van der Waals surface area contributed by atoms with Crippen molar-refractivity contribution in [2.45, 2.75) is 63.3 Å². The van der Waals surface area contributed by atoms with Crippen LogP contribution >= 0.6 is 11.8 Å². The Bertz CT molecular complexity index is 1920. The normalized spacial score (nSPS) is 25.3. The summed E-state index contributed by atoms with van der Waals surface area (Å²) in [6.45, 7) is 6.60. The SMILES string of the molecule is C[C@@H](O)[C@H]1C(=O)N2C(C(=O)OCc3ccc([N+](=O)[O-])cc3)=C(S[C@H]3C[C@@H](CN4CCCN5C4=CCN5C)N(C(=O)OCc4ccc([N+](=O)[O-])cc4)C3)[C@H](C)[C@H]12. The molecule has 2 amide bonds. The number of benzene rings is 2. The summed E-state index contributed by atoms with van der Waals surface area (Å²) in [5.74, 6) is -0.975. The molecule has 3 saturated heterocycles. The maximum atomic E-state index is 13.8. The lowest BCUT2D eigenvalue weighted by Crippen LogP contribution is -2.63. The van der Waals surface area contributed by atoms with E-state index in [0.29, 0.717) is 35.5 Å². The van der Waals surface area contributed by atoms with Gasteiger partial charge in [-0.05, 0) is 61.2 Å². The van der Waals surface area contributed by atoms with Crippen molar-refractivity contribution in [1.29, 1.82) is 0 Å². The second-order valence-electron chi connectivity index (χ2n) is 14.6. The highest BCUT2D eigenvalue weighted by atomic mass is 32.2. The van der Waals surface area contributed by atoms with Crippen molar-refractivity contribution in [1.82, 2.24) is 24.7 Å². The van der Waals surface area contributed by atoms with E-state index in [0.717, 1.165) is 31.9 Å². The second kappa shape index (κ2) is 15.5. The summed E-state index contributed by atoms with van der Waals surface area (Å²) < 4.78 is 11.5. The molecule has 2 aromatic carbocycles. The molecule has 5 aliphatic heterocycles. The molecule has 0 saturated carbocycles. The van der Waals surface area contributed by atoms with Crippen molar-refractivity contribution >= 4 is 41.1 Å². The molecule has 0 spiro atoms. The summed E-state index contributed by atoms with van der Waals surface area (Å²) in [5, 5.41) is 36.9. The minimum atomic E-state index is -0.928. The number of aliphatic hydroxyl groups excluding tert-OH is 1. The Morgan fingerprint density at radius 2 is 1.60 bits per heavy atom. The average Bonchev–Trinajstić information content (AvgIpc) is 3.82. The lowest BCUT2D eigenvalue weighted by Gasteiger charge is -2.46. The van der Waals surface area contributed by atoms with Gasteiger partial charge >= 0.3 is 12.1 Å². The van der Waals surface area contributed by atoms with Gasteiger partial charge in [0, 0.05) is 80.1 Å². The maximum absolute atomic E-state index is 13.8. The first-order chi connectivity index (χ1) is 26.3. The molecule has 0 aliphatic carbocycles. The number of esters is 1. The van der Waals surface area contributed by atoms with Gasteiger partial charge in [-0.3, -0.25) is 30.0 Å². The number of likely N-dealkylation sites (tertiary alicyclic amines) is 1. The van der Waals surface area contributed by atoms with E-state index < -0.39 is 40.0 Å². The zero-order valence-electron chi connectivity index (χ0n) is 30.7. The number of thioether (sulfide) groups is 1. The van der Waals surface area contributed by atoms with Crippen LogP contribution in [0.15, 0.2) is 71.0 Å². The van der Waals surface area contributed by atoms with Crippen LogP contribution in [0.3, 0.4) is 0 Å². The molecule has 0 aromatic heterocycles. The van der Waals surface area contributed by atoms with Crippen LogP contribution in [0.1, 0.15) is 37.8 Å². The van der Waals surface area contributed by atoms with E-state index in [9.17, 15) is 39.7 Å². The molecule has 5 heterocycles. The van der Waals surface area contributed by atoms with Crippen LogP contribution in [0.4, 0.5) is 16.2 Å². The zero-order chi connectivity index (χ0) is 39.1.